The molecule has 0 radical (unpaired) electrons. The summed E-state index contributed by atoms with van der Waals surface area (Å²) in [6.45, 7) is 4.30. The van der Waals surface area contributed by atoms with Crippen molar-refractivity contribution in [3.8, 4) is 0 Å². The van der Waals surface area contributed by atoms with Crippen LogP contribution >= 0.6 is 0 Å². The van der Waals surface area contributed by atoms with Crippen molar-refractivity contribution in [2.45, 2.75) is 96.2 Å². The maximum Gasteiger partial charge on any atom is 0.506 e. The first-order chi connectivity index (χ1) is 13.5. The Morgan fingerprint density at radius 1 is 1.11 bits per heavy atom. The molecule has 1 saturated heterocycles. The SMILES string of the molecule is CCCCCCC1(OC(=O)O)CCC(c2ccc(CCCCC)cc2)OC1=O. The maximum atomic E-state index is 12.7. The number of aryl methyl sites for hydroxylation is 1. The minimum atomic E-state index is -1.41. The number of rotatable bonds is 11. The summed E-state index contributed by atoms with van der Waals surface area (Å²) in [4.78, 5) is 23.9. The third-order valence-electron chi connectivity index (χ3n) is 5.57. The number of unbranched alkanes of at least 4 members (excludes halogenated alkanes) is 5. The molecule has 0 aliphatic carbocycles. The van der Waals surface area contributed by atoms with Crippen molar-refractivity contribution >= 4 is 12.1 Å². The molecule has 5 heteroatoms. The van der Waals surface area contributed by atoms with Crippen molar-refractivity contribution in [1.29, 1.82) is 0 Å². The molecule has 1 aromatic rings. The van der Waals surface area contributed by atoms with Crippen LogP contribution in [-0.4, -0.2) is 22.8 Å². The minimum absolute atomic E-state index is 0.335. The van der Waals surface area contributed by atoms with Crippen molar-refractivity contribution in [2.24, 2.45) is 0 Å². The fraction of sp³-hybridized carbons (Fsp3) is 0.652. The van der Waals surface area contributed by atoms with Gasteiger partial charge in [-0.15, -0.1) is 0 Å². The fourth-order valence-electron chi connectivity index (χ4n) is 3.85. The van der Waals surface area contributed by atoms with E-state index in [4.69, 9.17) is 14.6 Å². The summed E-state index contributed by atoms with van der Waals surface area (Å²) in [5.74, 6) is -0.547. The molecule has 0 bridgehead atoms. The highest BCUT2D eigenvalue weighted by molar-refractivity contribution is 5.82. The quantitative estimate of drug-likeness (QED) is 0.360. The van der Waals surface area contributed by atoms with Crippen LogP contribution in [-0.2, 0) is 20.7 Å². The lowest BCUT2D eigenvalue weighted by molar-refractivity contribution is -0.186. The van der Waals surface area contributed by atoms with Gasteiger partial charge in [0.2, 0.25) is 5.60 Å². The Kier molecular flexibility index (Phi) is 8.81. The van der Waals surface area contributed by atoms with E-state index in [2.05, 4.69) is 26.0 Å². The Bertz CT molecular complexity index is 624. The van der Waals surface area contributed by atoms with Crippen LogP contribution in [0.25, 0.3) is 0 Å². The van der Waals surface area contributed by atoms with Gasteiger partial charge in [0.25, 0.3) is 0 Å². The zero-order valence-corrected chi connectivity index (χ0v) is 17.2. The Balaban J connectivity index is 1.99. The van der Waals surface area contributed by atoms with E-state index in [1.807, 2.05) is 12.1 Å². The zero-order chi connectivity index (χ0) is 20.4. The van der Waals surface area contributed by atoms with E-state index in [0.717, 1.165) is 37.7 Å². The lowest BCUT2D eigenvalue weighted by Gasteiger charge is -2.37. The molecule has 0 spiro atoms. The normalized spacial score (nSPS) is 21.9. The van der Waals surface area contributed by atoms with E-state index in [0.29, 0.717) is 19.3 Å². The summed E-state index contributed by atoms with van der Waals surface area (Å²) in [5, 5.41) is 9.12. The van der Waals surface area contributed by atoms with Gasteiger partial charge in [-0.1, -0.05) is 70.2 Å². The summed E-state index contributed by atoms with van der Waals surface area (Å²) in [6.07, 6.45) is 8.11. The van der Waals surface area contributed by atoms with Crippen LogP contribution in [0.2, 0.25) is 0 Å². The lowest BCUT2D eigenvalue weighted by atomic mass is 9.85. The summed E-state index contributed by atoms with van der Waals surface area (Å²) in [5.41, 5.74) is 0.900. The Morgan fingerprint density at radius 3 is 2.39 bits per heavy atom. The zero-order valence-electron chi connectivity index (χ0n) is 17.2. The molecule has 1 aliphatic heterocycles. The second-order valence-electron chi connectivity index (χ2n) is 7.80. The molecule has 0 amide bonds. The molecule has 1 aromatic carbocycles. The molecule has 1 fully saturated rings. The first kappa shape index (κ1) is 22.3. The summed E-state index contributed by atoms with van der Waals surface area (Å²) < 4.78 is 10.7. The van der Waals surface area contributed by atoms with Crippen LogP contribution in [0.4, 0.5) is 4.79 Å². The number of carboxylic acid groups (broad SMARTS) is 1. The van der Waals surface area contributed by atoms with Crippen LogP contribution in [0.5, 0.6) is 0 Å². The van der Waals surface area contributed by atoms with E-state index in [1.54, 1.807) is 0 Å². The molecule has 1 aliphatic rings. The largest absolute Gasteiger partial charge is 0.506 e. The van der Waals surface area contributed by atoms with Crippen molar-refractivity contribution in [1.82, 2.24) is 0 Å². The monoisotopic (exact) mass is 390 g/mol. The van der Waals surface area contributed by atoms with E-state index in [1.165, 1.54) is 24.8 Å². The summed E-state index contributed by atoms with van der Waals surface area (Å²) in [7, 11) is 0. The smallest absolute Gasteiger partial charge is 0.455 e. The highest BCUT2D eigenvalue weighted by Gasteiger charge is 2.48. The minimum Gasteiger partial charge on any atom is -0.455 e. The number of cyclic esters (lactones) is 1. The molecular formula is C23H34O5. The molecule has 0 aromatic heterocycles. The molecule has 5 nitrogen and oxygen atoms in total. The first-order valence-electron chi connectivity index (χ1n) is 10.7. The van der Waals surface area contributed by atoms with Crippen LogP contribution in [0.1, 0.15) is 95.3 Å². The topological polar surface area (TPSA) is 72.8 Å². The number of ether oxygens (including phenoxy) is 2. The standard InChI is InChI=1S/C23H34O5/c1-3-5-7-9-16-23(28-22(25)26)17-15-20(27-21(23)24)19-13-11-18(12-14-19)10-8-6-4-2/h11-14,20H,3-10,15-17H2,1-2H3,(H,25,26). The predicted molar refractivity (Wildman–Crippen MR) is 108 cm³/mol. The van der Waals surface area contributed by atoms with Gasteiger partial charge in [0.15, 0.2) is 0 Å². The fourth-order valence-corrected chi connectivity index (χ4v) is 3.85. The first-order valence-corrected chi connectivity index (χ1v) is 10.7. The van der Waals surface area contributed by atoms with Gasteiger partial charge in [0.1, 0.15) is 6.10 Å². The van der Waals surface area contributed by atoms with Crippen LogP contribution in [0, 0.1) is 0 Å². The Hall–Kier alpha value is -2.04. The third-order valence-corrected chi connectivity index (χ3v) is 5.57. The molecular weight excluding hydrogens is 356 g/mol. The number of carbonyl (C=O) groups excluding carboxylic acids is 1. The van der Waals surface area contributed by atoms with Gasteiger partial charge in [-0.25, -0.2) is 9.59 Å². The number of hydrogen-bond acceptors (Lipinski definition) is 4. The molecule has 1 heterocycles. The molecule has 2 unspecified atom stereocenters. The van der Waals surface area contributed by atoms with Crippen molar-refractivity contribution in [3.05, 3.63) is 35.4 Å². The average Bonchev–Trinajstić information content (AvgIpc) is 2.68. The van der Waals surface area contributed by atoms with Gasteiger partial charge in [-0.3, -0.25) is 0 Å². The second-order valence-corrected chi connectivity index (χ2v) is 7.80. The highest BCUT2D eigenvalue weighted by Crippen LogP contribution is 2.39. The van der Waals surface area contributed by atoms with E-state index in [9.17, 15) is 9.59 Å². The second kappa shape index (κ2) is 11.1. The molecule has 0 saturated carbocycles. The van der Waals surface area contributed by atoms with Gasteiger partial charge in [0.05, 0.1) is 0 Å². The van der Waals surface area contributed by atoms with Gasteiger partial charge in [-0.2, -0.15) is 0 Å². The summed E-state index contributed by atoms with van der Waals surface area (Å²) in [6, 6.07) is 8.23. The predicted octanol–water partition coefficient (Wildman–Crippen LogP) is 6.20. The molecule has 156 valence electrons. The van der Waals surface area contributed by atoms with Gasteiger partial charge in [-0.05, 0) is 43.2 Å². The van der Waals surface area contributed by atoms with Gasteiger partial charge in [0, 0.05) is 6.42 Å². The Labute approximate surface area is 168 Å². The Morgan fingerprint density at radius 2 is 1.79 bits per heavy atom. The molecule has 1 N–H and O–H groups in total. The van der Waals surface area contributed by atoms with E-state index >= 15 is 0 Å². The van der Waals surface area contributed by atoms with Crippen LogP contribution in [0.15, 0.2) is 24.3 Å². The number of carbonyl (C=O) groups is 2. The number of benzene rings is 1. The number of hydrogen-bond donors (Lipinski definition) is 1. The maximum absolute atomic E-state index is 12.7. The highest BCUT2D eigenvalue weighted by atomic mass is 16.7. The van der Waals surface area contributed by atoms with E-state index in [-0.39, 0.29) is 6.10 Å². The van der Waals surface area contributed by atoms with Crippen molar-refractivity contribution in [3.63, 3.8) is 0 Å². The number of esters is 1. The molecule has 28 heavy (non-hydrogen) atoms. The molecule has 2 atom stereocenters. The van der Waals surface area contributed by atoms with Gasteiger partial charge >= 0.3 is 12.1 Å². The average molecular weight is 391 g/mol. The van der Waals surface area contributed by atoms with Crippen molar-refractivity contribution < 1.29 is 24.2 Å². The van der Waals surface area contributed by atoms with Crippen molar-refractivity contribution in [2.75, 3.05) is 0 Å². The van der Waals surface area contributed by atoms with Gasteiger partial charge < -0.3 is 14.6 Å². The lowest BCUT2D eigenvalue weighted by Crippen LogP contribution is -2.48. The molecule has 2 rings (SSSR count). The van der Waals surface area contributed by atoms with Crippen LogP contribution in [0.3, 0.4) is 0 Å². The third kappa shape index (κ3) is 6.25. The van der Waals surface area contributed by atoms with Crippen LogP contribution < -0.4 is 0 Å². The van der Waals surface area contributed by atoms with E-state index < -0.39 is 17.7 Å². The summed E-state index contributed by atoms with van der Waals surface area (Å²) >= 11 is 0.